The normalized spacial score (nSPS) is 13.7. The SMILES string of the molecule is CC(=O)c1ccc(NC(=S)Nc2ccc(C(=O)N3CCCCC3)cc2)cc1. The predicted octanol–water partition coefficient (Wildman–Crippen LogP) is 4.32. The van der Waals surface area contributed by atoms with Crippen molar-refractivity contribution >= 4 is 40.4 Å². The molecule has 2 aromatic carbocycles. The zero-order valence-electron chi connectivity index (χ0n) is 15.3. The van der Waals surface area contributed by atoms with Gasteiger partial charge in [0, 0.05) is 35.6 Å². The number of nitrogens with zero attached hydrogens (tertiary/aromatic N) is 1. The van der Waals surface area contributed by atoms with Gasteiger partial charge in [0.1, 0.15) is 0 Å². The summed E-state index contributed by atoms with van der Waals surface area (Å²) in [4.78, 5) is 25.7. The summed E-state index contributed by atoms with van der Waals surface area (Å²) in [5.74, 6) is 0.119. The van der Waals surface area contributed by atoms with Crippen LogP contribution in [0.4, 0.5) is 11.4 Å². The van der Waals surface area contributed by atoms with E-state index in [1.165, 1.54) is 13.3 Å². The number of rotatable bonds is 4. The van der Waals surface area contributed by atoms with Crippen LogP contribution in [0, 0.1) is 0 Å². The van der Waals surface area contributed by atoms with Crippen LogP contribution in [0.3, 0.4) is 0 Å². The van der Waals surface area contributed by atoms with Crippen molar-refractivity contribution in [1.29, 1.82) is 0 Å². The molecular weight excluding hydrogens is 358 g/mol. The molecule has 1 aliphatic heterocycles. The maximum absolute atomic E-state index is 12.5. The lowest BCUT2D eigenvalue weighted by atomic mass is 10.1. The van der Waals surface area contributed by atoms with Crippen molar-refractivity contribution in [2.45, 2.75) is 26.2 Å². The monoisotopic (exact) mass is 381 g/mol. The third-order valence-corrected chi connectivity index (χ3v) is 4.79. The van der Waals surface area contributed by atoms with E-state index in [4.69, 9.17) is 12.2 Å². The summed E-state index contributed by atoms with van der Waals surface area (Å²) >= 11 is 5.32. The van der Waals surface area contributed by atoms with Crippen molar-refractivity contribution < 1.29 is 9.59 Å². The Hall–Kier alpha value is -2.73. The number of benzene rings is 2. The molecule has 0 unspecified atom stereocenters. The number of carbonyl (C=O) groups excluding carboxylic acids is 2. The molecule has 1 aliphatic rings. The second kappa shape index (κ2) is 8.77. The van der Waals surface area contributed by atoms with Crippen LogP contribution in [-0.4, -0.2) is 34.8 Å². The summed E-state index contributed by atoms with van der Waals surface area (Å²) in [7, 11) is 0. The Morgan fingerprint density at radius 2 is 1.30 bits per heavy atom. The van der Waals surface area contributed by atoms with E-state index in [1.807, 2.05) is 41.3 Å². The summed E-state index contributed by atoms with van der Waals surface area (Å²) in [6.07, 6.45) is 3.37. The molecule has 0 atom stereocenters. The summed E-state index contributed by atoms with van der Waals surface area (Å²) < 4.78 is 0. The summed E-state index contributed by atoms with van der Waals surface area (Å²) in [6.45, 7) is 3.22. The molecule has 1 amide bonds. The lowest BCUT2D eigenvalue weighted by Crippen LogP contribution is -2.35. The van der Waals surface area contributed by atoms with Crippen molar-refractivity contribution in [3.05, 3.63) is 59.7 Å². The van der Waals surface area contributed by atoms with Crippen molar-refractivity contribution in [3.8, 4) is 0 Å². The van der Waals surface area contributed by atoms with Gasteiger partial charge < -0.3 is 15.5 Å². The highest BCUT2D eigenvalue weighted by molar-refractivity contribution is 7.80. The largest absolute Gasteiger partial charge is 0.339 e. The zero-order valence-corrected chi connectivity index (χ0v) is 16.1. The molecule has 1 heterocycles. The fourth-order valence-corrected chi connectivity index (χ4v) is 3.29. The molecule has 2 N–H and O–H groups in total. The van der Waals surface area contributed by atoms with Gasteiger partial charge in [-0.1, -0.05) is 0 Å². The minimum absolute atomic E-state index is 0.0291. The number of Topliss-reactive ketones (excluding diaryl/α,β-unsaturated/α-hetero) is 1. The smallest absolute Gasteiger partial charge is 0.253 e. The zero-order chi connectivity index (χ0) is 19.2. The van der Waals surface area contributed by atoms with E-state index in [0.29, 0.717) is 16.2 Å². The van der Waals surface area contributed by atoms with Gasteiger partial charge in [-0.2, -0.15) is 0 Å². The van der Waals surface area contributed by atoms with Crippen molar-refractivity contribution in [3.63, 3.8) is 0 Å². The molecule has 1 fully saturated rings. The molecule has 0 aliphatic carbocycles. The lowest BCUT2D eigenvalue weighted by molar-refractivity contribution is 0.0724. The van der Waals surface area contributed by atoms with E-state index in [1.54, 1.807) is 12.1 Å². The fraction of sp³-hybridized carbons (Fsp3) is 0.286. The van der Waals surface area contributed by atoms with Crippen LogP contribution in [0.25, 0.3) is 0 Å². The van der Waals surface area contributed by atoms with E-state index in [2.05, 4.69) is 10.6 Å². The second-order valence-electron chi connectivity index (χ2n) is 6.64. The number of amides is 1. The van der Waals surface area contributed by atoms with Crippen LogP contribution in [0.5, 0.6) is 0 Å². The summed E-state index contributed by atoms with van der Waals surface area (Å²) in [6, 6.07) is 14.5. The predicted molar refractivity (Wildman–Crippen MR) is 112 cm³/mol. The molecule has 3 rings (SSSR count). The van der Waals surface area contributed by atoms with Crippen LogP contribution in [-0.2, 0) is 0 Å². The van der Waals surface area contributed by atoms with Gasteiger partial charge in [-0.15, -0.1) is 0 Å². The molecule has 0 saturated carbocycles. The molecule has 140 valence electrons. The molecule has 5 nitrogen and oxygen atoms in total. The highest BCUT2D eigenvalue weighted by atomic mass is 32.1. The molecule has 6 heteroatoms. The fourth-order valence-electron chi connectivity index (χ4n) is 3.06. The van der Waals surface area contributed by atoms with Crippen LogP contribution >= 0.6 is 12.2 Å². The Morgan fingerprint density at radius 3 is 1.78 bits per heavy atom. The van der Waals surface area contributed by atoms with Crippen LogP contribution in [0.2, 0.25) is 0 Å². The standard InChI is InChI=1S/C21H23N3O2S/c1-15(25)16-5-9-18(10-6-16)22-21(27)23-19-11-7-17(8-12-19)20(26)24-13-3-2-4-14-24/h5-12H,2-4,13-14H2,1H3,(H2,22,23,27). The van der Waals surface area contributed by atoms with E-state index in [0.717, 1.165) is 37.3 Å². The van der Waals surface area contributed by atoms with Gasteiger partial charge >= 0.3 is 0 Å². The number of anilines is 2. The molecule has 2 aromatic rings. The van der Waals surface area contributed by atoms with Gasteiger partial charge in [-0.3, -0.25) is 9.59 Å². The van der Waals surface area contributed by atoms with E-state index >= 15 is 0 Å². The lowest BCUT2D eigenvalue weighted by Gasteiger charge is -2.26. The van der Waals surface area contributed by atoms with E-state index < -0.39 is 0 Å². The minimum Gasteiger partial charge on any atom is -0.339 e. The highest BCUT2D eigenvalue weighted by Crippen LogP contribution is 2.16. The van der Waals surface area contributed by atoms with Gasteiger partial charge in [-0.05, 0) is 86.9 Å². The first-order valence-electron chi connectivity index (χ1n) is 9.11. The average molecular weight is 382 g/mol. The molecule has 1 saturated heterocycles. The number of hydrogen-bond acceptors (Lipinski definition) is 3. The maximum atomic E-state index is 12.5. The third kappa shape index (κ3) is 5.14. The van der Waals surface area contributed by atoms with Crippen molar-refractivity contribution in [2.24, 2.45) is 0 Å². The number of hydrogen-bond donors (Lipinski definition) is 2. The van der Waals surface area contributed by atoms with Crippen LogP contribution in [0.15, 0.2) is 48.5 Å². The van der Waals surface area contributed by atoms with Gasteiger partial charge in [0.15, 0.2) is 10.9 Å². The summed E-state index contributed by atoms with van der Waals surface area (Å²) in [5.41, 5.74) is 2.96. The van der Waals surface area contributed by atoms with Crippen molar-refractivity contribution in [1.82, 2.24) is 4.90 Å². The molecule has 0 spiro atoms. The number of carbonyl (C=O) groups is 2. The minimum atomic E-state index is 0.0291. The molecular formula is C21H23N3O2S. The number of ketones is 1. The first kappa shape index (κ1) is 19.0. The Labute approximate surface area is 164 Å². The van der Waals surface area contributed by atoms with Gasteiger partial charge in [0.2, 0.25) is 0 Å². The molecule has 0 radical (unpaired) electrons. The Morgan fingerprint density at radius 1 is 0.815 bits per heavy atom. The molecule has 0 aromatic heterocycles. The maximum Gasteiger partial charge on any atom is 0.253 e. The average Bonchev–Trinajstić information content (AvgIpc) is 2.69. The van der Waals surface area contributed by atoms with Gasteiger partial charge in [0.25, 0.3) is 5.91 Å². The molecule has 27 heavy (non-hydrogen) atoms. The Kier molecular flexibility index (Phi) is 6.19. The number of piperidine rings is 1. The van der Waals surface area contributed by atoms with E-state index in [-0.39, 0.29) is 11.7 Å². The Balaban J connectivity index is 1.56. The van der Waals surface area contributed by atoms with Crippen LogP contribution < -0.4 is 10.6 Å². The Bertz CT molecular complexity index is 826. The second-order valence-corrected chi connectivity index (χ2v) is 7.05. The van der Waals surface area contributed by atoms with E-state index in [9.17, 15) is 9.59 Å². The number of likely N-dealkylation sites (tertiary alicyclic amines) is 1. The topological polar surface area (TPSA) is 61.4 Å². The first-order chi connectivity index (χ1) is 13.0. The van der Waals surface area contributed by atoms with Gasteiger partial charge in [-0.25, -0.2) is 0 Å². The van der Waals surface area contributed by atoms with Crippen molar-refractivity contribution in [2.75, 3.05) is 23.7 Å². The number of nitrogens with one attached hydrogen (secondary N) is 2. The number of thiocarbonyl (C=S) groups is 1. The molecule has 0 bridgehead atoms. The first-order valence-corrected chi connectivity index (χ1v) is 9.52. The third-order valence-electron chi connectivity index (χ3n) is 4.58. The highest BCUT2D eigenvalue weighted by Gasteiger charge is 2.17. The quantitative estimate of drug-likeness (QED) is 0.610. The summed E-state index contributed by atoms with van der Waals surface area (Å²) in [5, 5.41) is 6.63. The van der Waals surface area contributed by atoms with Crippen LogP contribution in [0.1, 0.15) is 46.9 Å². The van der Waals surface area contributed by atoms with Gasteiger partial charge in [0.05, 0.1) is 0 Å².